The minimum absolute atomic E-state index is 0.364. The van der Waals surface area contributed by atoms with E-state index in [1.807, 2.05) is 6.20 Å². The molecule has 19 heavy (non-hydrogen) atoms. The van der Waals surface area contributed by atoms with Crippen LogP contribution in [0.2, 0.25) is 0 Å². The highest BCUT2D eigenvalue weighted by Crippen LogP contribution is 2.30. The van der Waals surface area contributed by atoms with Crippen molar-refractivity contribution in [3.63, 3.8) is 0 Å². The lowest BCUT2D eigenvalue weighted by molar-refractivity contribution is 0.0863. The lowest BCUT2D eigenvalue weighted by Crippen LogP contribution is -2.44. The van der Waals surface area contributed by atoms with E-state index in [0.29, 0.717) is 12.6 Å². The summed E-state index contributed by atoms with van der Waals surface area (Å²) in [7, 11) is 0. The molecule has 102 valence electrons. The fourth-order valence-corrected chi connectivity index (χ4v) is 3.00. The lowest BCUT2D eigenvalue weighted by Gasteiger charge is -2.37. The first-order chi connectivity index (χ1) is 8.94. The molecular weight excluding hydrogens is 241 g/mol. The first-order valence-corrected chi connectivity index (χ1v) is 6.81. The molecule has 4 heteroatoms. The number of H-pyrrole nitrogens is 1. The average molecular weight is 261 g/mol. The Kier molecular flexibility index (Phi) is 2.86. The number of aromatic nitrogens is 2. The van der Waals surface area contributed by atoms with Crippen LogP contribution in [0, 0.1) is 0 Å². The summed E-state index contributed by atoms with van der Waals surface area (Å²) in [6.07, 6.45) is 2.86. The molecule has 0 fully saturated rings. The van der Waals surface area contributed by atoms with Crippen LogP contribution in [0.25, 0.3) is 10.9 Å². The molecule has 0 saturated carbocycles. The molecule has 1 aromatic carbocycles. The minimum atomic E-state index is -1.15. The highest BCUT2D eigenvalue weighted by atomic mass is 19.1. The van der Waals surface area contributed by atoms with Crippen LogP contribution in [0.5, 0.6) is 0 Å². The molecule has 0 saturated heterocycles. The van der Waals surface area contributed by atoms with Gasteiger partial charge >= 0.3 is 0 Å². The molecule has 3 nitrogen and oxygen atoms in total. The summed E-state index contributed by atoms with van der Waals surface area (Å²) in [5.41, 5.74) is 2.61. The third-order valence-electron chi connectivity index (χ3n) is 3.91. The van der Waals surface area contributed by atoms with Crippen molar-refractivity contribution in [1.29, 1.82) is 0 Å². The van der Waals surface area contributed by atoms with Gasteiger partial charge in [0.1, 0.15) is 5.67 Å². The van der Waals surface area contributed by atoms with Gasteiger partial charge in [-0.15, -0.1) is 0 Å². The zero-order valence-electron chi connectivity index (χ0n) is 11.7. The molecule has 1 atom stereocenters. The first kappa shape index (κ1) is 12.6. The molecule has 0 aliphatic carbocycles. The van der Waals surface area contributed by atoms with Crippen molar-refractivity contribution in [1.82, 2.24) is 15.1 Å². The molecule has 1 aromatic heterocycles. The number of benzene rings is 1. The molecule has 1 aliphatic heterocycles. The van der Waals surface area contributed by atoms with Gasteiger partial charge in [0.25, 0.3) is 0 Å². The number of hydrogen-bond donors (Lipinski definition) is 1. The summed E-state index contributed by atoms with van der Waals surface area (Å²) in [6.45, 7) is 6.78. The van der Waals surface area contributed by atoms with E-state index in [-0.39, 0.29) is 0 Å². The summed E-state index contributed by atoms with van der Waals surface area (Å²) in [6, 6.07) is 4.57. The van der Waals surface area contributed by atoms with Crippen molar-refractivity contribution in [3.05, 3.63) is 29.5 Å². The van der Waals surface area contributed by atoms with Crippen molar-refractivity contribution < 1.29 is 4.39 Å². The Morgan fingerprint density at radius 3 is 3.00 bits per heavy atom. The van der Waals surface area contributed by atoms with E-state index in [1.54, 1.807) is 13.8 Å². The molecule has 2 aromatic rings. The van der Waals surface area contributed by atoms with E-state index < -0.39 is 5.67 Å². The fraction of sp³-hybridized carbons (Fsp3) is 0.533. The molecule has 1 N–H and O–H groups in total. The minimum Gasteiger partial charge on any atom is -0.293 e. The normalized spacial score (nSPS) is 20.7. The summed E-state index contributed by atoms with van der Waals surface area (Å²) in [5, 5.41) is 8.34. The SMILES string of the molecule is C[C@@H]1Cc2c(ccc3[nH]ncc23)CN1CC(C)(C)F. The maximum atomic E-state index is 13.9. The number of hydrogen-bond acceptors (Lipinski definition) is 2. The molecule has 0 spiro atoms. The van der Waals surface area contributed by atoms with Gasteiger partial charge in [-0.25, -0.2) is 4.39 Å². The Hall–Kier alpha value is -1.42. The van der Waals surface area contributed by atoms with Gasteiger partial charge in [0.2, 0.25) is 0 Å². The van der Waals surface area contributed by atoms with Crippen LogP contribution in [0.3, 0.4) is 0 Å². The molecule has 0 radical (unpaired) electrons. The Morgan fingerprint density at radius 2 is 2.26 bits per heavy atom. The van der Waals surface area contributed by atoms with Crippen LogP contribution in [0.1, 0.15) is 31.9 Å². The third-order valence-corrected chi connectivity index (χ3v) is 3.91. The molecule has 2 heterocycles. The van der Waals surface area contributed by atoms with Gasteiger partial charge in [-0.2, -0.15) is 5.10 Å². The number of halogens is 1. The first-order valence-electron chi connectivity index (χ1n) is 6.81. The maximum Gasteiger partial charge on any atom is 0.118 e. The smallest absolute Gasteiger partial charge is 0.118 e. The van der Waals surface area contributed by atoms with Gasteiger partial charge in [0, 0.05) is 24.5 Å². The topological polar surface area (TPSA) is 31.9 Å². The van der Waals surface area contributed by atoms with Crippen LogP contribution >= 0.6 is 0 Å². The highest BCUT2D eigenvalue weighted by molar-refractivity contribution is 5.83. The van der Waals surface area contributed by atoms with Crippen molar-refractivity contribution >= 4 is 10.9 Å². The quantitative estimate of drug-likeness (QED) is 0.901. The number of rotatable bonds is 2. The number of fused-ring (bicyclic) bond motifs is 3. The number of nitrogens with one attached hydrogen (secondary N) is 1. The Morgan fingerprint density at radius 1 is 1.47 bits per heavy atom. The van der Waals surface area contributed by atoms with Crippen molar-refractivity contribution in [3.8, 4) is 0 Å². The Bertz CT molecular complexity index is 597. The fourth-order valence-electron chi connectivity index (χ4n) is 3.00. The molecule has 0 unspecified atom stereocenters. The predicted molar refractivity (Wildman–Crippen MR) is 74.9 cm³/mol. The second-order valence-electron chi connectivity index (χ2n) is 6.21. The largest absolute Gasteiger partial charge is 0.293 e. The highest BCUT2D eigenvalue weighted by Gasteiger charge is 2.29. The molecule has 0 bridgehead atoms. The van der Waals surface area contributed by atoms with Gasteiger partial charge in [0.05, 0.1) is 11.7 Å². The summed E-state index contributed by atoms with van der Waals surface area (Å²) in [5.74, 6) is 0. The number of alkyl halides is 1. The lowest BCUT2D eigenvalue weighted by atomic mass is 9.91. The second kappa shape index (κ2) is 4.30. The predicted octanol–water partition coefficient (Wildman–Crippen LogP) is 3.06. The van der Waals surface area contributed by atoms with E-state index in [1.165, 1.54) is 16.5 Å². The monoisotopic (exact) mass is 261 g/mol. The van der Waals surface area contributed by atoms with E-state index in [2.05, 4.69) is 34.2 Å². The zero-order valence-corrected chi connectivity index (χ0v) is 11.7. The Labute approximate surface area is 112 Å². The van der Waals surface area contributed by atoms with Gasteiger partial charge in [-0.05, 0) is 44.4 Å². The van der Waals surface area contributed by atoms with Gasteiger partial charge in [-0.3, -0.25) is 10.00 Å². The third kappa shape index (κ3) is 2.37. The molecule has 0 amide bonds. The zero-order chi connectivity index (χ0) is 13.6. The summed E-state index contributed by atoms with van der Waals surface area (Å²) in [4.78, 5) is 2.23. The van der Waals surface area contributed by atoms with Crippen molar-refractivity contribution in [2.24, 2.45) is 0 Å². The van der Waals surface area contributed by atoms with E-state index >= 15 is 0 Å². The van der Waals surface area contributed by atoms with Crippen molar-refractivity contribution in [2.75, 3.05) is 6.54 Å². The van der Waals surface area contributed by atoms with E-state index in [4.69, 9.17) is 0 Å². The van der Waals surface area contributed by atoms with Crippen LogP contribution in [0.15, 0.2) is 18.3 Å². The van der Waals surface area contributed by atoms with E-state index in [9.17, 15) is 4.39 Å². The average Bonchev–Trinajstić information content (AvgIpc) is 2.77. The van der Waals surface area contributed by atoms with Gasteiger partial charge in [0.15, 0.2) is 0 Å². The second-order valence-corrected chi connectivity index (χ2v) is 6.21. The molecular formula is C15H20FN3. The van der Waals surface area contributed by atoms with Crippen LogP contribution in [-0.2, 0) is 13.0 Å². The number of aromatic amines is 1. The summed E-state index contributed by atoms with van der Waals surface area (Å²) >= 11 is 0. The molecule has 3 rings (SSSR count). The van der Waals surface area contributed by atoms with Crippen LogP contribution < -0.4 is 0 Å². The van der Waals surface area contributed by atoms with Gasteiger partial charge < -0.3 is 0 Å². The van der Waals surface area contributed by atoms with Crippen LogP contribution in [0.4, 0.5) is 4.39 Å². The van der Waals surface area contributed by atoms with Crippen LogP contribution in [-0.4, -0.2) is 33.4 Å². The maximum absolute atomic E-state index is 13.9. The Balaban J connectivity index is 1.95. The van der Waals surface area contributed by atoms with Crippen molar-refractivity contribution in [2.45, 2.75) is 45.4 Å². The molecule has 1 aliphatic rings. The van der Waals surface area contributed by atoms with Gasteiger partial charge in [-0.1, -0.05) is 6.07 Å². The summed E-state index contributed by atoms with van der Waals surface area (Å²) < 4.78 is 13.9. The number of nitrogens with zero attached hydrogens (tertiary/aromatic N) is 2. The standard InChI is InChI=1S/C15H20FN3/c1-10-6-12-11(8-19(10)9-15(2,3)16)4-5-14-13(12)7-17-18-14/h4-5,7,10H,6,8-9H2,1-3H3,(H,17,18)/t10-/m1/s1. The van der Waals surface area contributed by atoms with E-state index in [0.717, 1.165) is 18.5 Å².